The van der Waals surface area contributed by atoms with E-state index >= 15 is 0 Å². The van der Waals surface area contributed by atoms with Crippen LogP contribution in [0.5, 0.6) is 0 Å². The van der Waals surface area contributed by atoms with E-state index in [2.05, 4.69) is 9.97 Å². The normalized spacial score (nSPS) is 11.0. The van der Waals surface area contributed by atoms with Gasteiger partial charge in [0, 0.05) is 12.7 Å². The van der Waals surface area contributed by atoms with Crippen LogP contribution in [0.15, 0.2) is 47.5 Å². The molecular formula is C17H17N3O2. The minimum atomic E-state index is -0.142. The van der Waals surface area contributed by atoms with Crippen LogP contribution in [0.4, 0.5) is 0 Å². The van der Waals surface area contributed by atoms with Crippen LogP contribution in [0, 0.1) is 6.92 Å². The summed E-state index contributed by atoms with van der Waals surface area (Å²) >= 11 is 0. The van der Waals surface area contributed by atoms with E-state index in [1.807, 2.05) is 43.3 Å². The highest BCUT2D eigenvalue weighted by Crippen LogP contribution is 2.19. The number of fused-ring (bicyclic) bond motifs is 1. The number of hydrogen-bond donors (Lipinski definition) is 0. The van der Waals surface area contributed by atoms with Gasteiger partial charge in [-0.15, -0.1) is 0 Å². The van der Waals surface area contributed by atoms with Crippen molar-refractivity contribution in [3.63, 3.8) is 0 Å². The zero-order valence-electron chi connectivity index (χ0n) is 12.6. The summed E-state index contributed by atoms with van der Waals surface area (Å²) in [5.41, 5.74) is 3.78. The lowest BCUT2D eigenvalue weighted by Crippen LogP contribution is -2.23. The fourth-order valence-electron chi connectivity index (χ4n) is 2.35. The molecule has 0 amide bonds. The first-order chi connectivity index (χ1) is 10.7. The van der Waals surface area contributed by atoms with Crippen LogP contribution >= 0.6 is 0 Å². The molecule has 3 rings (SSSR count). The SMILES string of the molecule is COCCn1cnc2ccc(-c3cccc(C)c3)nc2c1=O. The van der Waals surface area contributed by atoms with Crippen LogP contribution in [0.3, 0.4) is 0 Å². The molecule has 0 bridgehead atoms. The van der Waals surface area contributed by atoms with Gasteiger partial charge in [0.15, 0.2) is 5.52 Å². The number of ether oxygens (including phenoxy) is 1. The van der Waals surface area contributed by atoms with Gasteiger partial charge in [0.2, 0.25) is 0 Å². The molecule has 5 heteroatoms. The molecule has 0 unspecified atom stereocenters. The molecule has 0 radical (unpaired) electrons. The van der Waals surface area contributed by atoms with Gasteiger partial charge in [0.25, 0.3) is 5.56 Å². The van der Waals surface area contributed by atoms with E-state index in [1.165, 1.54) is 10.9 Å². The lowest BCUT2D eigenvalue weighted by atomic mass is 10.1. The van der Waals surface area contributed by atoms with Gasteiger partial charge in [0.1, 0.15) is 0 Å². The van der Waals surface area contributed by atoms with Crippen molar-refractivity contribution in [3.8, 4) is 11.3 Å². The van der Waals surface area contributed by atoms with Crippen molar-refractivity contribution in [1.82, 2.24) is 14.5 Å². The topological polar surface area (TPSA) is 57.0 Å². The largest absolute Gasteiger partial charge is 0.383 e. The summed E-state index contributed by atoms with van der Waals surface area (Å²) in [4.78, 5) is 21.3. The van der Waals surface area contributed by atoms with Crippen molar-refractivity contribution in [2.75, 3.05) is 13.7 Å². The molecule has 0 spiro atoms. The maximum atomic E-state index is 12.5. The Morgan fingerprint density at radius 2 is 2.09 bits per heavy atom. The van der Waals surface area contributed by atoms with Crippen molar-refractivity contribution < 1.29 is 4.74 Å². The number of pyridine rings is 1. The van der Waals surface area contributed by atoms with Gasteiger partial charge in [-0.2, -0.15) is 0 Å². The molecule has 0 atom stereocenters. The Labute approximate surface area is 128 Å². The molecule has 0 fully saturated rings. The second-order valence-corrected chi connectivity index (χ2v) is 5.17. The molecule has 2 aromatic heterocycles. The van der Waals surface area contributed by atoms with Crippen LogP contribution in [-0.4, -0.2) is 28.3 Å². The fourth-order valence-corrected chi connectivity index (χ4v) is 2.35. The molecule has 0 N–H and O–H groups in total. The first kappa shape index (κ1) is 14.4. The van der Waals surface area contributed by atoms with E-state index in [0.717, 1.165) is 16.8 Å². The molecule has 0 saturated carbocycles. The third-order valence-corrected chi connectivity index (χ3v) is 3.52. The standard InChI is InChI=1S/C17H17N3O2/c1-12-4-3-5-13(10-12)14-6-7-15-16(19-14)17(21)20(11-18-15)8-9-22-2/h3-7,10-11H,8-9H2,1-2H3. The highest BCUT2D eigenvalue weighted by atomic mass is 16.5. The molecule has 112 valence electrons. The van der Waals surface area contributed by atoms with Crippen LogP contribution in [-0.2, 0) is 11.3 Å². The van der Waals surface area contributed by atoms with E-state index in [9.17, 15) is 4.79 Å². The Bertz CT molecular complexity index is 871. The molecule has 0 saturated heterocycles. The molecular weight excluding hydrogens is 278 g/mol. The lowest BCUT2D eigenvalue weighted by Gasteiger charge is -2.07. The van der Waals surface area contributed by atoms with Gasteiger partial charge in [0.05, 0.1) is 30.7 Å². The van der Waals surface area contributed by atoms with Gasteiger partial charge in [-0.3, -0.25) is 9.36 Å². The Hall–Kier alpha value is -2.53. The highest BCUT2D eigenvalue weighted by Gasteiger charge is 2.08. The van der Waals surface area contributed by atoms with Gasteiger partial charge in [-0.25, -0.2) is 9.97 Å². The number of aryl methyl sites for hydroxylation is 1. The fraction of sp³-hybridized carbons (Fsp3) is 0.235. The van der Waals surface area contributed by atoms with Gasteiger partial charge >= 0.3 is 0 Å². The molecule has 1 aromatic carbocycles. The van der Waals surface area contributed by atoms with Gasteiger partial charge < -0.3 is 4.74 Å². The molecule has 22 heavy (non-hydrogen) atoms. The average Bonchev–Trinajstić information content (AvgIpc) is 2.54. The molecule has 5 nitrogen and oxygen atoms in total. The zero-order chi connectivity index (χ0) is 15.5. The number of aromatic nitrogens is 3. The molecule has 0 aliphatic carbocycles. The number of methoxy groups -OCH3 is 1. The monoisotopic (exact) mass is 295 g/mol. The van der Waals surface area contributed by atoms with E-state index < -0.39 is 0 Å². The summed E-state index contributed by atoms with van der Waals surface area (Å²) < 4.78 is 6.54. The number of rotatable bonds is 4. The van der Waals surface area contributed by atoms with Crippen molar-refractivity contribution >= 4 is 11.0 Å². The Morgan fingerprint density at radius 3 is 2.86 bits per heavy atom. The predicted molar refractivity (Wildman–Crippen MR) is 85.8 cm³/mol. The first-order valence-corrected chi connectivity index (χ1v) is 7.11. The molecule has 3 aromatic rings. The van der Waals surface area contributed by atoms with Gasteiger partial charge in [-0.1, -0.05) is 23.8 Å². The number of benzene rings is 1. The Balaban J connectivity index is 2.11. The van der Waals surface area contributed by atoms with Crippen molar-refractivity contribution in [2.45, 2.75) is 13.5 Å². The molecule has 0 aliphatic heterocycles. The first-order valence-electron chi connectivity index (χ1n) is 7.11. The lowest BCUT2D eigenvalue weighted by molar-refractivity contribution is 0.186. The summed E-state index contributed by atoms with van der Waals surface area (Å²) in [6.45, 7) is 2.96. The maximum Gasteiger partial charge on any atom is 0.279 e. The van der Waals surface area contributed by atoms with E-state index in [4.69, 9.17) is 4.74 Å². The minimum Gasteiger partial charge on any atom is -0.383 e. The quantitative estimate of drug-likeness (QED) is 0.741. The average molecular weight is 295 g/mol. The summed E-state index contributed by atoms with van der Waals surface area (Å²) in [5, 5.41) is 0. The second kappa shape index (κ2) is 6.07. The number of hydrogen-bond acceptors (Lipinski definition) is 4. The van der Waals surface area contributed by atoms with Crippen molar-refractivity contribution in [1.29, 1.82) is 0 Å². The summed E-state index contributed by atoms with van der Waals surface area (Å²) in [5.74, 6) is 0. The van der Waals surface area contributed by atoms with Crippen LogP contribution in [0.2, 0.25) is 0 Å². The van der Waals surface area contributed by atoms with Crippen molar-refractivity contribution in [2.24, 2.45) is 0 Å². The number of nitrogens with zero attached hydrogens (tertiary/aromatic N) is 3. The summed E-state index contributed by atoms with van der Waals surface area (Å²) in [7, 11) is 1.60. The Morgan fingerprint density at radius 1 is 1.23 bits per heavy atom. The molecule has 0 aliphatic rings. The van der Waals surface area contributed by atoms with Gasteiger partial charge in [-0.05, 0) is 25.1 Å². The van der Waals surface area contributed by atoms with Crippen LogP contribution in [0.25, 0.3) is 22.3 Å². The third kappa shape index (κ3) is 2.76. The molecule has 2 heterocycles. The predicted octanol–water partition coefficient (Wildman–Crippen LogP) is 2.41. The van der Waals surface area contributed by atoms with Crippen molar-refractivity contribution in [3.05, 3.63) is 58.6 Å². The zero-order valence-corrected chi connectivity index (χ0v) is 12.6. The second-order valence-electron chi connectivity index (χ2n) is 5.17. The minimum absolute atomic E-state index is 0.142. The van der Waals surface area contributed by atoms with E-state index in [-0.39, 0.29) is 5.56 Å². The van der Waals surface area contributed by atoms with Crippen LogP contribution in [0.1, 0.15) is 5.56 Å². The Kier molecular flexibility index (Phi) is 3.98. The summed E-state index contributed by atoms with van der Waals surface area (Å²) in [6.07, 6.45) is 1.54. The summed E-state index contributed by atoms with van der Waals surface area (Å²) in [6, 6.07) is 11.8. The van der Waals surface area contributed by atoms with E-state index in [0.29, 0.717) is 24.2 Å². The van der Waals surface area contributed by atoms with Crippen LogP contribution < -0.4 is 5.56 Å². The highest BCUT2D eigenvalue weighted by molar-refractivity contribution is 5.77. The maximum absolute atomic E-state index is 12.5. The third-order valence-electron chi connectivity index (χ3n) is 3.52. The van der Waals surface area contributed by atoms with E-state index in [1.54, 1.807) is 7.11 Å². The smallest absolute Gasteiger partial charge is 0.279 e.